The van der Waals surface area contributed by atoms with Crippen LogP contribution in [0.5, 0.6) is 0 Å². The molecule has 0 aliphatic carbocycles. The van der Waals surface area contributed by atoms with E-state index >= 15 is 0 Å². The van der Waals surface area contributed by atoms with Crippen LogP contribution in [0.3, 0.4) is 0 Å². The van der Waals surface area contributed by atoms with Crippen LogP contribution < -0.4 is 5.32 Å². The minimum Gasteiger partial charge on any atom is -0.349 e. The molecule has 1 saturated heterocycles. The van der Waals surface area contributed by atoms with E-state index in [9.17, 15) is 9.18 Å². The number of rotatable bonds is 5. The maximum Gasteiger partial charge on any atom is 0.253 e. The van der Waals surface area contributed by atoms with E-state index < -0.39 is 0 Å². The number of likely N-dealkylation sites (tertiary alicyclic amines) is 1. The molecule has 1 aliphatic rings. The molecule has 0 unspecified atom stereocenters. The number of carbonyl (C=O) groups is 1. The van der Waals surface area contributed by atoms with E-state index in [2.05, 4.69) is 21.3 Å². The topological polar surface area (TPSA) is 45.2 Å². The number of aromatic nitrogens is 1. The molecule has 2 heterocycles. The summed E-state index contributed by atoms with van der Waals surface area (Å²) in [6.45, 7) is 2.72. The van der Waals surface area contributed by atoms with Gasteiger partial charge in [0.15, 0.2) is 0 Å². The van der Waals surface area contributed by atoms with Gasteiger partial charge in [0.2, 0.25) is 0 Å². The Kier molecular flexibility index (Phi) is 6.41. The Morgan fingerprint density at radius 2 is 1.90 bits per heavy atom. The quantitative estimate of drug-likeness (QED) is 0.632. The van der Waals surface area contributed by atoms with E-state index in [0.29, 0.717) is 16.8 Å². The molecule has 4 rings (SSSR count). The summed E-state index contributed by atoms with van der Waals surface area (Å²) in [4.78, 5) is 19.3. The fourth-order valence-corrected chi connectivity index (χ4v) is 3.96. The van der Waals surface area contributed by atoms with Gasteiger partial charge < -0.3 is 5.32 Å². The van der Waals surface area contributed by atoms with Gasteiger partial charge in [-0.25, -0.2) is 4.39 Å². The SMILES string of the molecule is O=C(NC1CCN(Cc2cccc(Cl)c2)CC1)c1ccc(-c2cccc(F)c2)nc1. The summed E-state index contributed by atoms with van der Waals surface area (Å²) in [6, 6.07) is 17.8. The molecular weight excluding hydrogens is 401 g/mol. The second-order valence-electron chi connectivity index (χ2n) is 7.60. The van der Waals surface area contributed by atoms with Crippen LogP contribution in [0, 0.1) is 5.82 Å². The van der Waals surface area contributed by atoms with Crippen LogP contribution >= 0.6 is 11.6 Å². The normalized spacial score (nSPS) is 15.1. The van der Waals surface area contributed by atoms with Crippen molar-refractivity contribution in [1.82, 2.24) is 15.2 Å². The Morgan fingerprint density at radius 1 is 1.10 bits per heavy atom. The highest BCUT2D eigenvalue weighted by Crippen LogP contribution is 2.19. The van der Waals surface area contributed by atoms with Crippen LogP contribution in [0.15, 0.2) is 66.9 Å². The third-order valence-corrected chi connectivity index (χ3v) is 5.60. The van der Waals surface area contributed by atoms with Gasteiger partial charge in [0.05, 0.1) is 11.3 Å². The van der Waals surface area contributed by atoms with Gasteiger partial charge in [0, 0.05) is 42.5 Å². The Bertz CT molecular complexity index is 1020. The third kappa shape index (κ3) is 5.23. The molecule has 0 spiro atoms. The van der Waals surface area contributed by atoms with Crippen LogP contribution in [-0.4, -0.2) is 34.9 Å². The number of hydrogen-bond donors (Lipinski definition) is 1. The van der Waals surface area contributed by atoms with Crippen molar-refractivity contribution in [2.75, 3.05) is 13.1 Å². The lowest BCUT2D eigenvalue weighted by atomic mass is 10.0. The third-order valence-electron chi connectivity index (χ3n) is 5.36. The Labute approximate surface area is 180 Å². The van der Waals surface area contributed by atoms with Crippen LogP contribution in [0.1, 0.15) is 28.8 Å². The summed E-state index contributed by atoms with van der Waals surface area (Å²) in [5.74, 6) is -0.431. The number of nitrogens with zero attached hydrogens (tertiary/aromatic N) is 2. The van der Waals surface area contributed by atoms with Gasteiger partial charge in [0.25, 0.3) is 5.91 Å². The monoisotopic (exact) mass is 423 g/mol. The fraction of sp³-hybridized carbons (Fsp3) is 0.250. The van der Waals surface area contributed by atoms with E-state index in [1.54, 1.807) is 30.5 Å². The van der Waals surface area contributed by atoms with E-state index in [4.69, 9.17) is 11.6 Å². The first-order chi connectivity index (χ1) is 14.6. The van der Waals surface area contributed by atoms with E-state index in [1.165, 1.54) is 17.7 Å². The number of halogens is 2. The lowest BCUT2D eigenvalue weighted by Crippen LogP contribution is -2.44. The predicted octanol–water partition coefficient (Wildman–Crippen LogP) is 4.94. The summed E-state index contributed by atoms with van der Waals surface area (Å²) in [5, 5.41) is 3.87. The maximum atomic E-state index is 13.4. The molecule has 0 atom stereocenters. The highest BCUT2D eigenvalue weighted by Gasteiger charge is 2.21. The minimum atomic E-state index is -0.308. The van der Waals surface area contributed by atoms with Gasteiger partial charge >= 0.3 is 0 Å². The average molecular weight is 424 g/mol. The molecule has 30 heavy (non-hydrogen) atoms. The summed E-state index contributed by atoms with van der Waals surface area (Å²) in [7, 11) is 0. The largest absolute Gasteiger partial charge is 0.349 e. The highest BCUT2D eigenvalue weighted by molar-refractivity contribution is 6.30. The number of carbonyl (C=O) groups excluding carboxylic acids is 1. The van der Waals surface area contributed by atoms with Crippen LogP contribution in [0.4, 0.5) is 4.39 Å². The molecule has 154 valence electrons. The first-order valence-corrected chi connectivity index (χ1v) is 10.4. The lowest BCUT2D eigenvalue weighted by Gasteiger charge is -2.32. The van der Waals surface area contributed by atoms with Crippen molar-refractivity contribution in [3.8, 4) is 11.3 Å². The molecule has 4 nitrogen and oxygen atoms in total. The van der Waals surface area contributed by atoms with Crippen molar-refractivity contribution in [2.24, 2.45) is 0 Å². The predicted molar refractivity (Wildman–Crippen MR) is 117 cm³/mol. The number of amides is 1. The number of piperidine rings is 1. The second-order valence-corrected chi connectivity index (χ2v) is 8.03. The first-order valence-electron chi connectivity index (χ1n) is 10.1. The molecule has 1 N–H and O–H groups in total. The zero-order chi connectivity index (χ0) is 20.9. The zero-order valence-electron chi connectivity index (χ0n) is 16.5. The molecule has 3 aromatic rings. The summed E-state index contributed by atoms with van der Waals surface area (Å²) in [5.41, 5.74) is 3.04. The molecule has 1 aromatic heterocycles. The van der Waals surface area contributed by atoms with Crippen molar-refractivity contribution in [2.45, 2.75) is 25.4 Å². The van der Waals surface area contributed by atoms with Gasteiger partial charge in [-0.2, -0.15) is 0 Å². The summed E-state index contributed by atoms with van der Waals surface area (Å²) >= 11 is 6.06. The maximum absolute atomic E-state index is 13.4. The van der Waals surface area contributed by atoms with Crippen molar-refractivity contribution < 1.29 is 9.18 Å². The van der Waals surface area contributed by atoms with E-state index in [-0.39, 0.29) is 17.8 Å². The van der Waals surface area contributed by atoms with E-state index in [1.807, 2.05) is 18.2 Å². The van der Waals surface area contributed by atoms with Crippen LogP contribution in [0.2, 0.25) is 5.02 Å². The Morgan fingerprint density at radius 3 is 2.60 bits per heavy atom. The molecule has 1 amide bonds. The molecule has 2 aromatic carbocycles. The van der Waals surface area contributed by atoms with E-state index in [0.717, 1.165) is 37.5 Å². The average Bonchev–Trinajstić information content (AvgIpc) is 2.75. The zero-order valence-corrected chi connectivity index (χ0v) is 17.3. The minimum absolute atomic E-state index is 0.124. The van der Waals surface area contributed by atoms with Gasteiger partial charge in [-0.3, -0.25) is 14.7 Å². The Hall–Kier alpha value is -2.76. The smallest absolute Gasteiger partial charge is 0.253 e. The molecule has 0 saturated carbocycles. The standard InChI is InChI=1S/C24H23ClFN3O/c25-20-5-1-3-17(13-20)16-29-11-9-22(10-12-29)28-24(30)19-7-8-23(27-15-19)18-4-2-6-21(26)14-18/h1-8,13-15,22H,9-12,16H2,(H,28,30). The summed E-state index contributed by atoms with van der Waals surface area (Å²) < 4.78 is 13.4. The number of hydrogen-bond acceptors (Lipinski definition) is 3. The van der Waals surface area contributed by atoms with Gasteiger partial charge in [-0.05, 0) is 54.8 Å². The number of benzene rings is 2. The van der Waals surface area contributed by atoms with Gasteiger partial charge in [-0.15, -0.1) is 0 Å². The molecule has 1 aliphatic heterocycles. The van der Waals surface area contributed by atoms with Crippen molar-refractivity contribution in [3.63, 3.8) is 0 Å². The van der Waals surface area contributed by atoms with Gasteiger partial charge in [0.1, 0.15) is 5.82 Å². The van der Waals surface area contributed by atoms with Crippen LogP contribution in [0.25, 0.3) is 11.3 Å². The lowest BCUT2D eigenvalue weighted by molar-refractivity contribution is 0.0908. The molecule has 0 radical (unpaired) electrons. The first kappa shape index (κ1) is 20.5. The molecule has 0 bridgehead atoms. The molecule has 1 fully saturated rings. The van der Waals surface area contributed by atoms with Crippen molar-refractivity contribution in [1.29, 1.82) is 0 Å². The fourth-order valence-electron chi connectivity index (χ4n) is 3.74. The Balaban J connectivity index is 1.29. The molecule has 6 heteroatoms. The molecular formula is C24H23ClFN3O. The van der Waals surface area contributed by atoms with Crippen LogP contribution in [-0.2, 0) is 6.54 Å². The summed E-state index contributed by atoms with van der Waals surface area (Å²) in [6.07, 6.45) is 3.35. The second kappa shape index (κ2) is 9.37. The van der Waals surface area contributed by atoms with Crippen molar-refractivity contribution in [3.05, 3.63) is 88.8 Å². The van der Waals surface area contributed by atoms with Crippen molar-refractivity contribution >= 4 is 17.5 Å². The highest BCUT2D eigenvalue weighted by atomic mass is 35.5. The number of pyridine rings is 1. The van der Waals surface area contributed by atoms with Gasteiger partial charge in [-0.1, -0.05) is 35.9 Å². The number of nitrogens with one attached hydrogen (secondary N) is 1.